The van der Waals surface area contributed by atoms with Crippen molar-refractivity contribution in [3.63, 3.8) is 0 Å². The van der Waals surface area contributed by atoms with Gasteiger partial charge in [-0.2, -0.15) is 0 Å². The average Bonchev–Trinajstić information content (AvgIpc) is 2.61. The topological polar surface area (TPSA) is 50.4 Å². The fraction of sp³-hybridized carbons (Fsp3) is 0.316. The molecule has 0 fully saturated rings. The highest BCUT2D eigenvalue weighted by atomic mass is 35.5. The van der Waals surface area contributed by atoms with Crippen molar-refractivity contribution in [1.29, 1.82) is 0 Å². The maximum absolute atomic E-state index is 12.2. The highest BCUT2D eigenvalue weighted by Crippen LogP contribution is 2.22. The molecule has 0 bridgehead atoms. The number of nitrogens with one attached hydrogen (secondary N) is 2. The summed E-state index contributed by atoms with van der Waals surface area (Å²) in [4.78, 5) is 13.3. The molecule has 136 valence electrons. The molecule has 0 radical (unpaired) electrons. The minimum Gasteiger partial charge on any atom is -0.494 e. The Kier molecular flexibility index (Phi) is 10.1. The standard InChI is InChI=1S/C19H24N2O2S.ClH/c1-3-20-13-15-7-5-6-8-18(15)21-19(22)14-24-17-11-9-16(10-12-17)23-4-2;/h5-12,20H,3-4,13-14H2,1-2H3,(H,21,22);1H. The van der Waals surface area contributed by atoms with Gasteiger partial charge in [-0.05, 0) is 49.4 Å². The zero-order valence-corrected chi connectivity index (χ0v) is 16.2. The van der Waals surface area contributed by atoms with E-state index in [-0.39, 0.29) is 18.3 Å². The third-order valence-electron chi connectivity index (χ3n) is 3.36. The molecule has 4 nitrogen and oxygen atoms in total. The van der Waals surface area contributed by atoms with Gasteiger partial charge >= 0.3 is 0 Å². The predicted molar refractivity (Wildman–Crippen MR) is 108 cm³/mol. The van der Waals surface area contributed by atoms with Gasteiger partial charge in [-0.15, -0.1) is 24.2 Å². The van der Waals surface area contributed by atoms with Gasteiger partial charge in [0, 0.05) is 17.1 Å². The van der Waals surface area contributed by atoms with E-state index in [1.165, 1.54) is 11.8 Å². The van der Waals surface area contributed by atoms with Crippen LogP contribution in [0.3, 0.4) is 0 Å². The van der Waals surface area contributed by atoms with E-state index in [2.05, 4.69) is 17.6 Å². The van der Waals surface area contributed by atoms with Crippen LogP contribution < -0.4 is 15.4 Å². The van der Waals surface area contributed by atoms with E-state index >= 15 is 0 Å². The van der Waals surface area contributed by atoms with Crippen molar-refractivity contribution in [2.45, 2.75) is 25.3 Å². The lowest BCUT2D eigenvalue weighted by molar-refractivity contribution is -0.113. The highest BCUT2D eigenvalue weighted by molar-refractivity contribution is 8.00. The third-order valence-corrected chi connectivity index (χ3v) is 4.37. The van der Waals surface area contributed by atoms with E-state index in [1.807, 2.05) is 55.5 Å². The largest absolute Gasteiger partial charge is 0.494 e. The first kappa shape index (κ1) is 21.4. The van der Waals surface area contributed by atoms with Crippen molar-refractivity contribution in [3.8, 4) is 5.75 Å². The first-order chi connectivity index (χ1) is 11.7. The highest BCUT2D eigenvalue weighted by Gasteiger charge is 2.07. The van der Waals surface area contributed by atoms with Gasteiger partial charge in [0.05, 0.1) is 12.4 Å². The van der Waals surface area contributed by atoms with Gasteiger partial charge in [-0.1, -0.05) is 25.1 Å². The van der Waals surface area contributed by atoms with Crippen LogP contribution in [-0.4, -0.2) is 24.8 Å². The Balaban J connectivity index is 0.00000312. The fourth-order valence-electron chi connectivity index (χ4n) is 2.19. The predicted octanol–water partition coefficient (Wildman–Crippen LogP) is 4.35. The maximum atomic E-state index is 12.2. The summed E-state index contributed by atoms with van der Waals surface area (Å²) in [6.07, 6.45) is 0. The molecule has 2 aromatic carbocycles. The molecule has 1 amide bonds. The molecule has 0 aliphatic rings. The molecule has 0 saturated carbocycles. The molecule has 0 saturated heterocycles. The minimum atomic E-state index is -0.00201. The summed E-state index contributed by atoms with van der Waals surface area (Å²) in [6.45, 7) is 6.32. The number of para-hydroxylation sites is 1. The summed E-state index contributed by atoms with van der Waals surface area (Å²) in [5.74, 6) is 1.23. The number of rotatable bonds is 9. The third kappa shape index (κ3) is 7.38. The summed E-state index contributed by atoms with van der Waals surface area (Å²) in [5.41, 5.74) is 1.97. The smallest absolute Gasteiger partial charge is 0.234 e. The van der Waals surface area contributed by atoms with Crippen LogP contribution in [0.2, 0.25) is 0 Å². The van der Waals surface area contributed by atoms with Crippen molar-refractivity contribution in [2.75, 3.05) is 24.2 Å². The zero-order valence-electron chi connectivity index (χ0n) is 14.6. The van der Waals surface area contributed by atoms with Crippen molar-refractivity contribution in [3.05, 3.63) is 54.1 Å². The Morgan fingerprint density at radius 1 is 1.08 bits per heavy atom. The van der Waals surface area contributed by atoms with Crippen LogP contribution in [-0.2, 0) is 11.3 Å². The quantitative estimate of drug-likeness (QED) is 0.635. The summed E-state index contributed by atoms with van der Waals surface area (Å²) >= 11 is 1.52. The molecule has 0 spiro atoms. The second-order valence-electron chi connectivity index (χ2n) is 5.18. The molecule has 0 heterocycles. The Bertz CT molecular complexity index is 650. The molecular formula is C19H25ClN2O2S. The summed E-state index contributed by atoms with van der Waals surface area (Å²) in [6, 6.07) is 15.7. The maximum Gasteiger partial charge on any atom is 0.234 e. The van der Waals surface area contributed by atoms with E-state index in [4.69, 9.17) is 4.74 Å². The molecule has 0 aromatic heterocycles. The van der Waals surface area contributed by atoms with Crippen molar-refractivity contribution < 1.29 is 9.53 Å². The molecule has 0 aliphatic heterocycles. The molecule has 0 unspecified atom stereocenters. The number of benzene rings is 2. The lowest BCUT2D eigenvalue weighted by atomic mass is 10.1. The van der Waals surface area contributed by atoms with E-state index < -0.39 is 0 Å². The second-order valence-corrected chi connectivity index (χ2v) is 6.23. The number of hydrogen-bond donors (Lipinski definition) is 2. The van der Waals surface area contributed by atoms with E-state index in [0.717, 1.165) is 35.0 Å². The Morgan fingerprint density at radius 3 is 2.48 bits per heavy atom. The number of amides is 1. The van der Waals surface area contributed by atoms with Crippen LogP contribution in [0.25, 0.3) is 0 Å². The Morgan fingerprint density at radius 2 is 1.80 bits per heavy atom. The molecule has 25 heavy (non-hydrogen) atoms. The molecule has 2 rings (SSSR count). The van der Waals surface area contributed by atoms with Gasteiger partial charge in [0.15, 0.2) is 0 Å². The number of anilines is 1. The number of carbonyl (C=O) groups excluding carboxylic acids is 1. The fourth-order valence-corrected chi connectivity index (χ4v) is 2.89. The first-order valence-corrected chi connectivity index (χ1v) is 9.15. The summed E-state index contributed by atoms with van der Waals surface area (Å²) in [5, 5.41) is 6.28. The van der Waals surface area contributed by atoms with E-state index in [1.54, 1.807) is 0 Å². The van der Waals surface area contributed by atoms with Crippen LogP contribution in [0.4, 0.5) is 5.69 Å². The van der Waals surface area contributed by atoms with Gasteiger partial charge in [0.2, 0.25) is 5.91 Å². The van der Waals surface area contributed by atoms with Gasteiger partial charge in [-0.3, -0.25) is 4.79 Å². The molecule has 0 atom stereocenters. The van der Waals surface area contributed by atoms with Crippen LogP contribution in [0, 0.1) is 0 Å². The number of carbonyl (C=O) groups is 1. The lowest BCUT2D eigenvalue weighted by Gasteiger charge is -2.11. The van der Waals surface area contributed by atoms with Crippen LogP contribution in [0.15, 0.2) is 53.4 Å². The molecular weight excluding hydrogens is 356 g/mol. The van der Waals surface area contributed by atoms with E-state index in [0.29, 0.717) is 12.4 Å². The number of halogens is 1. The van der Waals surface area contributed by atoms with Gasteiger partial charge in [-0.25, -0.2) is 0 Å². The molecule has 0 aliphatic carbocycles. The Hall–Kier alpha value is -1.69. The van der Waals surface area contributed by atoms with Gasteiger partial charge in [0.25, 0.3) is 0 Å². The Labute approximate surface area is 160 Å². The zero-order chi connectivity index (χ0) is 17.2. The number of hydrogen-bond acceptors (Lipinski definition) is 4. The number of ether oxygens (including phenoxy) is 1. The van der Waals surface area contributed by atoms with Crippen LogP contribution in [0.5, 0.6) is 5.75 Å². The number of thioether (sulfide) groups is 1. The lowest BCUT2D eigenvalue weighted by Crippen LogP contribution is -2.18. The van der Waals surface area contributed by atoms with Crippen molar-refractivity contribution in [2.24, 2.45) is 0 Å². The molecule has 2 N–H and O–H groups in total. The van der Waals surface area contributed by atoms with Gasteiger partial charge < -0.3 is 15.4 Å². The average molecular weight is 381 g/mol. The van der Waals surface area contributed by atoms with Crippen molar-refractivity contribution >= 4 is 35.8 Å². The second kappa shape index (κ2) is 11.8. The normalized spacial score (nSPS) is 10.0. The van der Waals surface area contributed by atoms with Crippen LogP contribution in [0.1, 0.15) is 19.4 Å². The molecule has 2 aromatic rings. The summed E-state index contributed by atoms with van der Waals surface area (Å²) < 4.78 is 5.42. The summed E-state index contributed by atoms with van der Waals surface area (Å²) in [7, 11) is 0. The van der Waals surface area contributed by atoms with Crippen molar-refractivity contribution in [1.82, 2.24) is 5.32 Å². The minimum absolute atomic E-state index is 0. The van der Waals surface area contributed by atoms with Crippen LogP contribution >= 0.6 is 24.2 Å². The van der Waals surface area contributed by atoms with Gasteiger partial charge in [0.1, 0.15) is 5.75 Å². The molecule has 6 heteroatoms. The SMILES string of the molecule is CCNCc1ccccc1NC(=O)CSc1ccc(OCC)cc1.Cl. The first-order valence-electron chi connectivity index (χ1n) is 8.17. The monoisotopic (exact) mass is 380 g/mol. The van der Waals surface area contributed by atoms with E-state index in [9.17, 15) is 4.79 Å².